The number of carbonyl (C=O) groups is 1. The summed E-state index contributed by atoms with van der Waals surface area (Å²) in [6.45, 7) is 9.80. The number of hydrogen-bond acceptors (Lipinski definition) is 8. The molecule has 2 fully saturated rings. The van der Waals surface area contributed by atoms with Crippen LogP contribution in [0.5, 0.6) is 0 Å². The number of nitrogens with zero attached hydrogens (tertiary/aromatic N) is 7. The fourth-order valence-corrected chi connectivity index (χ4v) is 5.43. The van der Waals surface area contributed by atoms with Crippen LogP contribution in [-0.4, -0.2) is 69.9 Å². The maximum atomic E-state index is 14.3. The van der Waals surface area contributed by atoms with E-state index in [1.807, 2.05) is 32.6 Å². The third-order valence-corrected chi connectivity index (χ3v) is 6.98. The number of aromatic nitrogens is 3. The van der Waals surface area contributed by atoms with Crippen LogP contribution < -0.4 is 9.80 Å². The molecule has 9 nitrogen and oxygen atoms in total. The molecule has 1 spiro atoms. The van der Waals surface area contributed by atoms with Gasteiger partial charge in [0.15, 0.2) is 0 Å². The molecule has 10 heteroatoms. The highest BCUT2D eigenvalue weighted by Crippen LogP contribution is 2.57. The van der Waals surface area contributed by atoms with Crippen LogP contribution in [0.2, 0.25) is 0 Å². The highest BCUT2D eigenvalue weighted by atomic mass is 19.1. The van der Waals surface area contributed by atoms with E-state index in [-0.39, 0.29) is 12.1 Å². The van der Waals surface area contributed by atoms with E-state index < -0.39 is 17.2 Å². The first-order valence-corrected chi connectivity index (χ1v) is 12.0. The summed E-state index contributed by atoms with van der Waals surface area (Å²) in [5.41, 5.74) is 0.495. The van der Waals surface area contributed by atoms with E-state index in [1.165, 1.54) is 6.33 Å². The molecule has 35 heavy (non-hydrogen) atoms. The number of rotatable bonds is 2. The molecule has 5 rings (SSSR count). The Labute approximate surface area is 204 Å². The molecule has 1 saturated heterocycles. The van der Waals surface area contributed by atoms with Gasteiger partial charge < -0.3 is 19.4 Å². The van der Waals surface area contributed by atoms with Gasteiger partial charge in [0.1, 0.15) is 35.6 Å². The lowest BCUT2D eigenvalue weighted by Gasteiger charge is -2.45. The summed E-state index contributed by atoms with van der Waals surface area (Å²) in [7, 11) is 0. The van der Waals surface area contributed by atoms with Crippen LogP contribution >= 0.6 is 0 Å². The molecule has 2 aromatic rings. The van der Waals surface area contributed by atoms with Gasteiger partial charge in [0, 0.05) is 49.4 Å². The van der Waals surface area contributed by atoms with Crippen molar-refractivity contribution in [3.8, 4) is 6.07 Å². The van der Waals surface area contributed by atoms with Gasteiger partial charge in [-0.15, -0.1) is 0 Å². The lowest BCUT2D eigenvalue weighted by atomic mass is 9.64. The van der Waals surface area contributed by atoms with Gasteiger partial charge in [-0.2, -0.15) is 5.26 Å². The zero-order valence-electron chi connectivity index (χ0n) is 20.5. The topological polar surface area (TPSA) is 98.5 Å². The summed E-state index contributed by atoms with van der Waals surface area (Å²) in [6.07, 6.45) is 2.77. The number of anilines is 3. The normalized spacial score (nSPS) is 25.8. The van der Waals surface area contributed by atoms with Crippen LogP contribution in [0.25, 0.3) is 0 Å². The van der Waals surface area contributed by atoms with Crippen LogP contribution in [0.15, 0.2) is 24.7 Å². The quantitative estimate of drug-likeness (QED) is 0.643. The highest BCUT2D eigenvalue weighted by molar-refractivity contribution is 5.75. The van der Waals surface area contributed by atoms with Gasteiger partial charge in [-0.1, -0.05) is 0 Å². The summed E-state index contributed by atoms with van der Waals surface area (Å²) in [6, 6.07) is 5.47. The van der Waals surface area contributed by atoms with E-state index in [0.717, 1.165) is 11.4 Å². The zero-order valence-corrected chi connectivity index (χ0v) is 20.5. The second-order valence-electron chi connectivity index (χ2n) is 10.8. The minimum atomic E-state index is -0.864. The van der Waals surface area contributed by atoms with Crippen molar-refractivity contribution in [1.29, 1.82) is 5.26 Å². The molecule has 2 aromatic heterocycles. The molecule has 2 aliphatic heterocycles. The number of pyridine rings is 1. The third kappa shape index (κ3) is 4.13. The number of halogens is 1. The second kappa shape index (κ2) is 8.33. The summed E-state index contributed by atoms with van der Waals surface area (Å²) in [4.78, 5) is 32.3. The average molecular weight is 480 g/mol. The largest absolute Gasteiger partial charge is 0.444 e. The summed E-state index contributed by atoms with van der Waals surface area (Å²) >= 11 is 0. The minimum Gasteiger partial charge on any atom is -0.444 e. The fraction of sp³-hybridized carbons (Fsp3) is 0.560. The number of carbonyl (C=O) groups excluding carboxylic acids is 1. The van der Waals surface area contributed by atoms with Gasteiger partial charge in [0.2, 0.25) is 0 Å². The molecule has 0 bridgehead atoms. The second-order valence-corrected chi connectivity index (χ2v) is 10.8. The first-order chi connectivity index (χ1) is 16.6. The molecule has 184 valence electrons. The van der Waals surface area contributed by atoms with E-state index in [2.05, 4.69) is 25.9 Å². The smallest absolute Gasteiger partial charge is 0.410 e. The molecular weight excluding hydrogens is 449 g/mol. The summed E-state index contributed by atoms with van der Waals surface area (Å²) in [5, 5.41) is 9.34. The predicted octanol–water partition coefficient (Wildman–Crippen LogP) is 3.71. The maximum Gasteiger partial charge on any atom is 0.410 e. The molecule has 0 radical (unpaired) electrons. The van der Waals surface area contributed by atoms with Gasteiger partial charge in [-0.3, -0.25) is 0 Å². The van der Waals surface area contributed by atoms with Crippen molar-refractivity contribution in [3.63, 3.8) is 0 Å². The van der Waals surface area contributed by atoms with Crippen molar-refractivity contribution >= 4 is 23.5 Å². The summed E-state index contributed by atoms with van der Waals surface area (Å²) < 4.78 is 19.9. The Hall–Kier alpha value is -3.48. The van der Waals surface area contributed by atoms with E-state index in [1.54, 1.807) is 23.2 Å². The van der Waals surface area contributed by atoms with Crippen molar-refractivity contribution in [2.45, 2.75) is 63.8 Å². The Bertz CT molecular complexity index is 1190. The van der Waals surface area contributed by atoms with Gasteiger partial charge in [0.25, 0.3) is 0 Å². The van der Waals surface area contributed by atoms with Gasteiger partial charge in [-0.25, -0.2) is 24.1 Å². The minimum absolute atomic E-state index is 0.0815. The van der Waals surface area contributed by atoms with E-state index in [0.29, 0.717) is 56.2 Å². The number of hydrogen-bond donors (Lipinski definition) is 0. The maximum absolute atomic E-state index is 14.3. The van der Waals surface area contributed by atoms with Crippen LogP contribution in [-0.2, 0) is 10.2 Å². The fourth-order valence-electron chi connectivity index (χ4n) is 5.43. The average Bonchev–Trinajstić information content (AvgIpc) is 3.13. The molecule has 1 atom stereocenters. The number of ether oxygens (including phenoxy) is 1. The van der Waals surface area contributed by atoms with Crippen LogP contribution in [0.4, 0.5) is 26.6 Å². The van der Waals surface area contributed by atoms with Crippen molar-refractivity contribution < 1.29 is 13.9 Å². The third-order valence-electron chi connectivity index (χ3n) is 6.98. The van der Waals surface area contributed by atoms with Gasteiger partial charge in [-0.05, 0) is 52.7 Å². The molecule has 0 N–H and O–H groups in total. The van der Waals surface area contributed by atoms with E-state index >= 15 is 0 Å². The molecule has 0 aromatic carbocycles. The van der Waals surface area contributed by atoms with Crippen LogP contribution in [0.3, 0.4) is 0 Å². The zero-order chi connectivity index (χ0) is 25.0. The molecule has 1 saturated carbocycles. The Morgan fingerprint density at radius 3 is 2.63 bits per heavy atom. The SMILES string of the molecule is C[C@@H]1CN(c2ncnc3c2C2(CC(F)C2)CN3c2cc(C#N)ccn2)CCN1C(=O)OC(C)(C)C. The lowest BCUT2D eigenvalue weighted by molar-refractivity contribution is 0.0158. The number of amides is 1. The Balaban J connectivity index is 1.46. The lowest BCUT2D eigenvalue weighted by Crippen LogP contribution is -2.56. The van der Waals surface area contributed by atoms with Crippen LogP contribution in [0.1, 0.15) is 51.7 Å². The highest BCUT2D eigenvalue weighted by Gasteiger charge is 2.55. The Morgan fingerprint density at radius 1 is 1.23 bits per heavy atom. The molecule has 3 aliphatic rings. The van der Waals surface area contributed by atoms with Crippen LogP contribution in [0, 0.1) is 11.3 Å². The molecule has 1 aliphatic carbocycles. The van der Waals surface area contributed by atoms with Crippen molar-refractivity contribution in [3.05, 3.63) is 35.8 Å². The molecule has 0 unspecified atom stereocenters. The molecular formula is C25H30FN7O2. The predicted molar refractivity (Wildman–Crippen MR) is 128 cm³/mol. The standard InChI is InChI=1S/C25H30FN7O2/c1-16-13-31(7-8-32(16)23(34)35-24(2,3)4)21-20-22(30-15-29-21)33(14-25(20)10-18(26)11-25)19-9-17(12-27)5-6-28-19/h5-6,9,15-16,18H,7-8,10-11,13-14H2,1-4H3/t16-,18?,25?/m1/s1. The number of piperazine rings is 1. The van der Waals surface area contributed by atoms with E-state index in [4.69, 9.17) is 4.74 Å². The molecule has 4 heterocycles. The Kier molecular flexibility index (Phi) is 5.54. The van der Waals surface area contributed by atoms with Crippen molar-refractivity contribution in [2.75, 3.05) is 36.0 Å². The van der Waals surface area contributed by atoms with Gasteiger partial charge in [0.05, 0.1) is 11.6 Å². The number of nitriles is 1. The van der Waals surface area contributed by atoms with Crippen molar-refractivity contribution in [1.82, 2.24) is 19.9 Å². The molecule has 1 amide bonds. The first-order valence-electron chi connectivity index (χ1n) is 12.0. The monoisotopic (exact) mass is 479 g/mol. The Morgan fingerprint density at radius 2 is 1.97 bits per heavy atom. The van der Waals surface area contributed by atoms with Gasteiger partial charge >= 0.3 is 6.09 Å². The van der Waals surface area contributed by atoms with Crippen molar-refractivity contribution in [2.24, 2.45) is 0 Å². The number of fused-ring (bicyclic) bond motifs is 2. The summed E-state index contributed by atoms with van der Waals surface area (Å²) in [5.74, 6) is 2.13. The van der Waals surface area contributed by atoms with E-state index in [9.17, 15) is 14.4 Å². The number of alkyl halides is 1. The first kappa shape index (κ1) is 23.3.